The van der Waals surface area contributed by atoms with Crippen LogP contribution in [0, 0.1) is 5.92 Å². The monoisotopic (exact) mass is 331 g/mol. The molecule has 24 heavy (non-hydrogen) atoms. The van der Waals surface area contributed by atoms with E-state index in [4.69, 9.17) is 9.47 Å². The second-order valence-corrected chi connectivity index (χ2v) is 7.16. The van der Waals surface area contributed by atoms with Gasteiger partial charge in [0.2, 0.25) is 5.91 Å². The molecule has 3 fully saturated rings. The number of benzene rings is 1. The van der Waals surface area contributed by atoms with Crippen molar-refractivity contribution in [1.82, 2.24) is 4.90 Å². The second kappa shape index (κ2) is 6.73. The molecule has 130 valence electrons. The summed E-state index contributed by atoms with van der Waals surface area (Å²) < 4.78 is 11.4. The van der Waals surface area contributed by atoms with Crippen LogP contribution in [0.3, 0.4) is 0 Å². The fourth-order valence-electron chi connectivity index (χ4n) is 4.38. The van der Waals surface area contributed by atoms with E-state index in [1.54, 1.807) is 0 Å². The predicted octanol–water partition coefficient (Wildman–Crippen LogP) is 1.77. The average molecular weight is 331 g/mol. The number of carbonyl (C=O) groups excluding carboxylic acids is 1. The van der Waals surface area contributed by atoms with E-state index < -0.39 is 0 Å². The zero-order chi connectivity index (χ0) is 16.5. The lowest BCUT2D eigenvalue weighted by Gasteiger charge is -2.27. The Bertz CT molecular complexity index is 599. The largest absolute Gasteiger partial charge is 0.488 e. The molecule has 1 unspecified atom stereocenters. The Morgan fingerprint density at radius 2 is 2.12 bits per heavy atom. The van der Waals surface area contributed by atoms with Crippen molar-refractivity contribution in [3.63, 3.8) is 0 Å². The molecule has 0 bridgehead atoms. The van der Waals surface area contributed by atoms with Crippen molar-refractivity contribution >= 4 is 5.91 Å². The first kappa shape index (κ1) is 15.9. The highest BCUT2D eigenvalue weighted by Gasteiger charge is 2.45. The number of hydrogen-bond donors (Lipinski definition) is 1. The summed E-state index contributed by atoms with van der Waals surface area (Å²) in [6, 6.07) is 7.79. The Hall–Kier alpha value is -1.59. The molecule has 2 heterocycles. The molecule has 2 aliphatic heterocycles. The van der Waals surface area contributed by atoms with Crippen LogP contribution in [0.4, 0.5) is 0 Å². The first-order chi connectivity index (χ1) is 11.7. The lowest BCUT2D eigenvalue weighted by molar-refractivity contribution is -0.133. The zero-order valence-corrected chi connectivity index (χ0v) is 13.9. The van der Waals surface area contributed by atoms with Crippen LogP contribution in [-0.2, 0) is 16.0 Å². The Kier molecular flexibility index (Phi) is 4.46. The Balaban J connectivity index is 1.46. The number of carbonyl (C=O) groups is 1. The normalized spacial score (nSPS) is 32.1. The molecule has 3 aliphatic rings. The number of rotatable bonds is 4. The minimum Gasteiger partial charge on any atom is -0.488 e. The van der Waals surface area contributed by atoms with Gasteiger partial charge in [-0.05, 0) is 31.2 Å². The van der Waals surface area contributed by atoms with Gasteiger partial charge >= 0.3 is 0 Å². The molecule has 4 rings (SSSR count). The average Bonchev–Trinajstić information content (AvgIpc) is 3.29. The molecule has 5 heteroatoms. The SMILES string of the molecule is O=C(Cc1ccccc1OC1CCOC1)N1CC[C@@H]2CC[C@@H](O)[C@@H]21. The number of hydrogen-bond acceptors (Lipinski definition) is 4. The second-order valence-electron chi connectivity index (χ2n) is 7.16. The van der Waals surface area contributed by atoms with Gasteiger partial charge in [-0.15, -0.1) is 0 Å². The highest BCUT2D eigenvalue weighted by atomic mass is 16.5. The maximum atomic E-state index is 12.8. The fourth-order valence-corrected chi connectivity index (χ4v) is 4.38. The molecule has 0 radical (unpaired) electrons. The van der Waals surface area contributed by atoms with Gasteiger partial charge in [-0.1, -0.05) is 18.2 Å². The number of amides is 1. The van der Waals surface area contributed by atoms with Gasteiger partial charge in [0.05, 0.1) is 31.8 Å². The van der Waals surface area contributed by atoms with Crippen LogP contribution in [0.5, 0.6) is 5.75 Å². The molecule has 1 aliphatic carbocycles. The van der Waals surface area contributed by atoms with E-state index in [-0.39, 0.29) is 24.2 Å². The lowest BCUT2D eigenvalue weighted by atomic mass is 10.0. The summed E-state index contributed by atoms with van der Waals surface area (Å²) in [5, 5.41) is 10.2. The minimum atomic E-state index is -0.358. The van der Waals surface area contributed by atoms with Gasteiger partial charge in [0.1, 0.15) is 11.9 Å². The first-order valence-corrected chi connectivity index (χ1v) is 9.02. The molecular formula is C19H25NO4. The van der Waals surface area contributed by atoms with Crippen molar-refractivity contribution in [2.75, 3.05) is 19.8 Å². The van der Waals surface area contributed by atoms with Crippen LogP contribution < -0.4 is 4.74 Å². The number of likely N-dealkylation sites (tertiary alicyclic amines) is 1. The van der Waals surface area contributed by atoms with E-state index in [2.05, 4.69) is 0 Å². The Morgan fingerprint density at radius 1 is 1.25 bits per heavy atom. The van der Waals surface area contributed by atoms with E-state index in [1.165, 1.54) is 0 Å². The van der Waals surface area contributed by atoms with Crippen LogP contribution in [0.15, 0.2) is 24.3 Å². The van der Waals surface area contributed by atoms with Crippen molar-refractivity contribution in [1.29, 1.82) is 0 Å². The molecule has 1 saturated carbocycles. The van der Waals surface area contributed by atoms with Gasteiger partial charge < -0.3 is 19.5 Å². The summed E-state index contributed by atoms with van der Waals surface area (Å²) >= 11 is 0. The van der Waals surface area contributed by atoms with Crippen molar-refractivity contribution in [3.8, 4) is 5.75 Å². The summed E-state index contributed by atoms with van der Waals surface area (Å²) in [5.74, 6) is 1.36. The number of fused-ring (bicyclic) bond motifs is 1. The summed E-state index contributed by atoms with van der Waals surface area (Å²) in [4.78, 5) is 14.7. The van der Waals surface area contributed by atoms with Gasteiger partial charge in [0, 0.05) is 18.5 Å². The number of nitrogens with zero attached hydrogens (tertiary/aromatic N) is 1. The molecule has 1 aromatic carbocycles. The van der Waals surface area contributed by atoms with Crippen LogP contribution in [0.25, 0.3) is 0 Å². The number of ether oxygens (including phenoxy) is 2. The lowest BCUT2D eigenvalue weighted by Crippen LogP contribution is -2.43. The van der Waals surface area contributed by atoms with Gasteiger partial charge in [-0.2, -0.15) is 0 Å². The van der Waals surface area contributed by atoms with E-state index >= 15 is 0 Å². The van der Waals surface area contributed by atoms with Gasteiger partial charge in [0.15, 0.2) is 0 Å². The molecule has 0 spiro atoms. The molecule has 1 aromatic rings. The highest BCUT2D eigenvalue weighted by Crippen LogP contribution is 2.38. The smallest absolute Gasteiger partial charge is 0.227 e. The van der Waals surface area contributed by atoms with E-state index in [0.29, 0.717) is 18.9 Å². The third-order valence-corrected chi connectivity index (χ3v) is 5.63. The summed E-state index contributed by atoms with van der Waals surface area (Å²) in [5.41, 5.74) is 0.922. The first-order valence-electron chi connectivity index (χ1n) is 9.02. The molecule has 5 nitrogen and oxygen atoms in total. The minimum absolute atomic E-state index is 0.0220. The van der Waals surface area contributed by atoms with Crippen molar-refractivity contribution < 1.29 is 19.4 Å². The predicted molar refractivity (Wildman–Crippen MR) is 88.8 cm³/mol. The van der Waals surface area contributed by atoms with Crippen LogP contribution in [0.2, 0.25) is 0 Å². The van der Waals surface area contributed by atoms with Crippen molar-refractivity contribution in [3.05, 3.63) is 29.8 Å². The van der Waals surface area contributed by atoms with E-state index in [1.807, 2.05) is 29.2 Å². The van der Waals surface area contributed by atoms with Gasteiger partial charge in [-0.25, -0.2) is 0 Å². The molecule has 0 aromatic heterocycles. The fraction of sp³-hybridized carbons (Fsp3) is 0.632. The Morgan fingerprint density at radius 3 is 2.96 bits per heavy atom. The molecule has 1 N–H and O–H groups in total. The topological polar surface area (TPSA) is 59.0 Å². The molecule has 4 atom stereocenters. The van der Waals surface area contributed by atoms with E-state index in [9.17, 15) is 9.90 Å². The molecular weight excluding hydrogens is 306 g/mol. The number of aliphatic hydroxyl groups excluding tert-OH is 1. The van der Waals surface area contributed by atoms with Crippen LogP contribution in [0.1, 0.15) is 31.2 Å². The van der Waals surface area contributed by atoms with Gasteiger partial charge in [-0.3, -0.25) is 4.79 Å². The highest BCUT2D eigenvalue weighted by molar-refractivity contribution is 5.80. The Labute approximate surface area is 142 Å². The third kappa shape index (κ3) is 3.03. The molecule has 2 saturated heterocycles. The standard InChI is InChI=1S/C19H25NO4/c21-16-6-5-13-7-9-20(19(13)16)18(22)11-14-3-1-2-4-17(14)24-15-8-10-23-12-15/h1-4,13,15-16,19,21H,5-12H2/t13-,15?,16+,19+/m0/s1. The quantitative estimate of drug-likeness (QED) is 0.913. The number of para-hydroxylation sites is 1. The third-order valence-electron chi connectivity index (χ3n) is 5.63. The van der Waals surface area contributed by atoms with Crippen molar-refractivity contribution in [2.24, 2.45) is 5.92 Å². The molecule has 1 amide bonds. The van der Waals surface area contributed by atoms with Crippen LogP contribution in [-0.4, -0.2) is 53.9 Å². The zero-order valence-electron chi connectivity index (χ0n) is 13.9. The van der Waals surface area contributed by atoms with Crippen LogP contribution >= 0.6 is 0 Å². The maximum absolute atomic E-state index is 12.8. The van der Waals surface area contributed by atoms with Gasteiger partial charge in [0.25, 0.3) is 0 Å². The summed E-state index contributed by atoms with van der Waals surface area (Å²) in [7, 11) is 0. The van der Waals surface area contributed by atoms with Crippen molar-refractivity contribution in [2.45, 2.75) is 50.4 Å². The summed E-state index contributed by atoms with van der Waals surface area (Å²) in [6.45, 7) is 2.12. The number of aliphatic hydroxyl groups is 1. The maximum Gasteiger partial charge on any atom is 0.227 e. The summed E-state index contributed by atoms with van der Waals surface area (Å²) in [6.07, 6.45) is 3.82. The van der Waals surface area contributed by atoms with E-state index in [0.717, 1.165) is 50.1 Å².